The van der Waals surface area contributed by atoms with Crippen LogP contribution in [0.2, 0.25) is 0 Å². The lowest BCUT2D eigenvalue weighted by Gasteiger charge is -2.22. The fourth-order valence-corrected chi connectivity index (χ4v) is 2.55. The number of likely N-dealkylation sites (tertiary alicyclic amines) is 1. The van der Waals surface area contributed by atoms with Gasteiger partial charge < -0.3 is 10.0 Å². The standard InChI is InChI=1S/C13H17F2NO/c1-9-6-13(17,8-16(9)2)7-10-3-4-11(14)12(15)5-10/h3-5,9,17H,6-8H2,1-2H3. The summed E-state index contributed by atoms with van der Waals surface area (Å²) < 4.78 is 25.9. The van der Waals surface area contributed by atoms with Crippen molar-refractivity contribution in [1.82, 2.24) is 4.90 Å². The van der Waals surface area contributed by atoms with Crippen LogP contribution >= 0.6 is 0 Å². The van der Waals surface area contributed by atoms with Crippen molar-refractivity contribution in [1.29, 1.82) is 0 Å². The van der Waals surface area contributed by atoms with Crippen molar-refractivity contribution in [2.45, 2.75) is 31.4 Å². The van der Waals surface area contributed by atoms with Crippen LogP contribution in [0.3, 0.4) is 0 Å². The predicted molar refractivity (Wildman–Crippen MR) is 61.7 cm³/mol. The molecule has 2 rings (SSSR count). The van der Waals surface area contributed by atoms with Crippen LogP contribution in [0.4, 0.5) is 8.78 Å². The van der Waals surface area contributed by atoms with E-state index in [1.165, 1.54) is 6.07 Å². The van der Waals surface area contributed by atoms with E-state index in [2.05, 4.69) is 4.90 Å². The van der Waals surface area contributed by atoms with E-state index < -0.39 is 17.2 Å². The van der Waals surface area contributed by atoms with Crippen molar-refractivity contribution in [2.75, 3.05) is 13.6 Å². The zero-order valence-electron chi connectivity index (χ0n) is 10.1. The molecule has 0 bridgehead atoms. The van der Waals surface area contributed by atoms with Gasteiger partial charge in [-0.15, -0.1) is 0 Å². The number of β-amino-alcohol motifs (C(OH)–C–C–N with tert-alkyl or cyclic N) is 1. The van der Waals surface area contributed by atoms with Gasteiger partial charge in [0.2, 0.25) is 0 Å². The normalized spacial score (nSPS) is 29.8. The van der Waals surface area contributed by atoms with Gasteiger partial charge in [0, 0.05) is 19.0 Å². The topological polar surface area (TPSA) is 23.5 Å². The molecule has 0 radical (unpaired) electrons. The molecular formula is C13H17F2NO. The van der Waals surface area contributed by atoms with Crippen molar-refractivity contribution in [2.24, 2.45) is 0 Å². The van der Waals surface area contributed by atoms with Crippen molar-refractivity contribution in [3.63, 3.8) is 0 Å². The maximum Gasteiger partial charge on any atom is 0.159 e. The van der Waals surface area contributed by atoms with Gasteiger partial charge in [-0.25, -0.2) is 8.78 Å². The van der Waals surface area contributed by atoms with Gasteiger partial charge in [0.15, 0.2) is 11.6 Å². The fraction of sp³-hybridized carbons (Fsp3) is 0.538. The Bertz CT molecular complexity index is 412. The lowest BCUT2D eigenvalue weighted by atomic mass is 9.92. The van der Waals surface area contributed by atoms with Crippen LogP contribution in [0.15, 0.2) is 18.2 Å². The van der Waals surface area contributed by atoms with Crippen molar-refractivity contribution in [3.8, 4) is 0 Å². The number of benzene rings is 1. The first-order valence-corrected chi connectivity index (χ1v) is 5.76. The number of likely N-dealkylation sites (N-methyl/N-ethyl adjacent to an activating group) is 1. The monoisotopic (exact) mass is 241 g/mol. The van der Waals surface area contributed by atoms with Gasteiger partial charge in [-0.1, -0.05) is 6.07 Å². The second-order valence-corrected chi connectivity index (χ2v) is 5.12. The Morgan fingerprint density at radius 3 is 2.65 bits per heavy atom. The molecule has 1 N–H and O–H groups in total. The van der Waals surface area contributed by atoms with Gasteiger partial charge in [0.1, 0.15) is 0 Å². The molecule has 1 aliphatic heterocycles. The first-order chi connectivity index (χ1) is 7.89. The Hall–Kier alpha value is -1.00. The van der Waals surface area contributed by atoms with Gasteiger partial charge >= 0.3 is 0 Å². The third-order valence-corrected chi connectivity index (χ3v) is 3.49. The largest absolute Gasteiger partial charge is 0.388 e. The lowest BCUT2D eigenvalue weighted by Crippen LogP contribution is -2.34. The Morgan fingerprint density at radius 2 is 2.12 bits per heavy atom. The van der Waals surface area contributed by atoms with Gasteiger partial charge in [0.25, 0.3) is 0 Å². The van der Waals surface area contributed by atoms with Crippen LogP contribution < -0.4 is 0 Å². The Kier molecular flexibility index (Phi) is 3.19. The lowest BCUT2D eigenvalue weighted by molar-refractivity contribution is 0.0520. The highest BCUT2D eigenvalue weighted by molar-refractivity contribution is 5.20. The highest BCUT2D eigenvalue weighted by Crippen LogP contribution is 2.29. The smallest absolute Gasteiger partial charge is 0.159 e. The fourth-order valence-electron chi connectivity index (χ4n) is 2.55. The van der Waals surface area contributed by atoms with E-state index in [1.54, 1.807) is 0 Å². The van der Waals surface area contributed by atoms with E-state index in [9.17, 15) is 13.9 Å². The minimum Gasteiger partial charge on any atom is -0.388 e. The minimum atomic E-state index is -0.856. The van der Waals surface area contributed by atoms with Crippen LogP contribution in [0.5, 0.6) is 0 Å². The number of halogens is 2. The molecule has 17 heavy (non-hydrogen) atoms. The molecule has 0 aliphatic carbocycles. The second-order valence-electron chi connectivity index (χ2n) is 5.12. The molecule has 0 amide bonds. The maximum atomic E-state index is 13.1. The summed E-state index contributed by atoms with van der Waals surface area (Å²) in [5.74, 6) is -1.71. The third-order valence-electron chi connectivity index (χ3n) is 3.49. The molecule has 1 saturated heterocycles. The van der Waals surface area contributed by atoms with Gasteiger partial charge in [-0.2, -0.15) is 0 Å². The number of nitrogens with zero attached hydrogens (tertiary/aromatic N) is 1. The summed E-state index contributed by atoms with van der Waals surface area (Å²) in [6.45, 7) is 2.61. The summed E-state index contributed by atoms with van der Waals surface area (Å²) in [6.07, 6.45) is 1.02. The molecule has 2 atom stereocenters. The van der Waals surface area contributed by atoms with E-state index >= 15 is 0 Å². The molecule has 0 spiro atoms. The Labute approximate surface area is 99.9 Å². The number of hydrogen-bond acceptors (Lipinski definition) is 2. The summed E-state index contributed by atoms with van der Waals surface area (Å²) in [6, 6.07) is 4.11. The van der Waals surface area contributed by atoms with E-state index in [0.717, 1.165) is 12.1 Å². The van der Waals surface area contributed by atoms with Crippen LogP contribution in [0.1, 0.15) is 18.9 Å². The molecular weight excluding hydrogens is 224 g/mol. The van der Waals surface area contributed by atoms with Crippen LogP contribution in [-0.4, -0.2) is 35.2 Å². The average Bonchev–Trinajstić information content (AvgIpc) is 2.47. The second kappa shape index (κ2) is 4.35. The zero-order chi connectivity index (χ0) is 12.6. The van der Waals surface area contributed by atoms with Crippen LogP contribution in [0, 0.1) is 11.6 Å². The molecule has 1 heterocycles. The predicted octanol–water partition coefficient (Wildman–Crippen LogP) is 1.96. The maximum absolute atomic E-state index is 13.1. The Balaban J connectivity index is 2.13. The molecule has 4 heteroatoms. The number of aliphatic hydroxyl groups is 1. The molecule has 1 aliphatic rings. The molecule has 2 nitrogen and oxygen atoms in total. The molecule has 1 fully saturated rings. The van der Waals surface area contributed by atoms with Crippen molar-refractivity contribution >= 4 is 0 Å². The summed E-state index contributed by atoms with van der Waals surface area (Å²) >= 11 is 0. The van der Waals surface area contributed by atoms with Gasteiger partial charge in [-0.05, 0) is 38.1 Å². The quantitative estimate of drug-likeness (QED) is 0.855. The van der Waals surface area contributed by atoms with Crippen molar-refractivity contribution in [3.05, 3.63) is 35.4 Å². The summed E-state index contributed by atoms with van der Waals surface area (Å²) in [4.78, 5) is 2.07. The van der Waals surface area contributed by atoms with Gasteiger partial charge in [0.05, 0.1) is 5.60 Å². The number of hydrogen-bond donors (Lipinski definition) is 1. The minimum absolute atomic E-state index is 0.310. The zero-order valence-corrected chi connectivity index (χ0v) is 10.1. The van der Waals surface area contributed by atoms with E-state index in [1.807, 2.05) is 14.0 Å². The summed E-state index contributed by atoms with van der Waals surface area (Å²) in [5, 5.41) is 10.4. The van der Waals surface area contributed by atoms with E-state index in [4.69, 9.17) is 0 Å². The van der Waals surface area contributed by atoms with E-state index in [0.29, 0.717) is 31.0 Å². The third kappa shape index (κ3) is 2.64. The highest BCUT2D eigenvalue weighted by Gasteiger charge is 2.38. The Morgan fingerprint density at radius 1 is 1.41 bits per heavy atom. The SMILES string of the molecule is CC1CC(O)(Cc2ccc(F)c(F)c2)CN1C. The van der Waals surface area contributed by atoms with Gasteiger partial charge in [-0.3, -0.25) is 0 Å². The van der Waals surface area contributed by atoms with Crippen molar-refractivity contribution < 1.29 is 13.9 Å². The first kappa shape index (κ1) is 12.5. The van der Waals surface area contributed by atoms with E-state index in [-0.39, 0.29) is 0 Å². The molecule has 1 aromatic carbocycles. The molecule has 2 unspecified atom stereocenters. The van der Waals surface area contributed by atoms with Crippen LogP contribution in [0.25, 0.3) is 0 Å². The summed E-state index contributed by atoms with van der Waals surface area (Å²) in [7, 11) is 1.95. The summed E-state index contributed by atoms with van der Waals surface area (Å²) in [5.41, 5.74) is -0.202. The first-order valence-electron chi connectivity index (χ1n) is 5.76. The number of rotatable bonds is 2. The van der Waals surface area contributed by atoms with Crippen LogP contribution in [-0.2, 0) is 6.42 Å². The molecule has 0 saturated carbocycles. The molecule has 1 aromatic rings. The average molecular weight is 241 g/mol. The molecule has 0 aromatic heterocycles. The highest BCUT2D eigenvalue weighted by atomic mass is 19.2. The molecule has 94 valence electrons.